The first-order chi connectivity index (χ1) is 9.08. The maximum atomic E-state index is 14.1. The molecule has 6 heteroatoms. The molecule has 98 valence electrons. The number of hydrogen-bond donors (Lipinski definition) is 0. The van der Waals surface area contributed by atoms with Crippen molar-refractivity contribution in [2.24, 2.45) is 0 Å². The van der Waals surface area contributed by atoms with E-state index in [4.69, 9.17) is 21.1 Å². The lowest BCUT2D eigenvalue weighted by Crippen LogP contribution is -2.33. The molecule has 0 bridgehead atoms. The lowest BCUT2D eigenvalue weighted by atomic mass is 10.2. The minimum Gasteiger partial charge on any atom is -0.453 e. The number of rotatable bonds is 1. The lowest BCUT2D eigenvalue weighted by Gasteiger charge is -2.04. The number of hydrogen-bond acceptors (Lipinski definition) is 2. The van der Waals surface area contributed by atoms with Crippen molar-refractivity contribution in [1.29, 1.82) is 0 Å². The van der Waals surface area contributed by atoms with Gasteiger partial charge in [-0.25, -0.2) is 0 Å². The highest BCUT2D eigenvalue weighted by atomic mass is 35.5. The maximum absolute atomic E-state index is 14.1. The van der Waals surface area contributed by atoms with E-state index in [0.29, 0.717) is 0 Å². The fourth-order valence-electron chi connectivity index (χ4n) is 1.92. The summed E-state index contributed by atoms with van der Waals surface area (Å²) in [4.78, 5) is 0. The monoisotopic (exact) mass is 284 g/mol. The molecule has 0 spiro atoms. The van der Waals surface area contributed by atoms with E-state index in [-0.39, 0.29) is 29.1 Å². The van der Waals surface area contributed by atoms with Gasteiger partial charge >= 0.3 is 0 Å². The van der Waals surface area contributed by atoms with Gasteiger partial charge in [-0.3, -0.25) is 0 Å². The Hall–Kier alpha value is -1.88. The number of fused-ring (bicyclic) bond motifs is 1. The summed E-state index contributed by atoms with van der Waals surface area (Å²) in [6.07, 6.45) is 1.61. The molecule has 1 aromatic heterocycles. The summed E-state index contributed by atoms with van der Waals surface area (Å²) in [6, 6.07) is 4.75. The van der Waals surface area contributed by atoms with Gasteiger partial charge in [-0.2, -0.15) is 8.78 Å². The zero-order valence-corrected chi connectivity index (χ0v) is 10.7. The molecule has 19 heavy (non-hydrogen) atoms. The molecule has 1 aliphatic heterocycles. The number of aromatic nitrogens is 1. The van der Waals surface area contributed by atoms with Gasteiger partial charge in [0.1, 0.15) is 0 Å². The zero-order valence-electron chi connectivity index (χ0n) is 9.91. The van der Waals surface area contributed by atoms with Crippen LogP contribution in [-0.2, 0) is 0 Å². The Labute approximate surface area is 113 Å². The topological polar surface area (TPSA) is 22.3 Å². The van der Waals surface area contributed by atoms with E-state index in [1.54, 1.807) is 18.3 Å². The third-order valence-corrected chi connectivity index (χ3v) is 3.14. The first kappa shape index (κ1) is 12.2. The van der Waals surface area contributed by atoms with Crippen LogP contribution in [0.1, 0.15) is 5.56 Å². The molecule has 0 fully saturated rings. The first-order valence-electron chi connectivity index (χ1n) is 5.53. The van der Waals surface area contributed by atoms with Gasteiger partial charge in [0.2, 0.25) is 24.2 Å². The number of ether oxygens (including phenoxy) is 2. The summed E-state index contributed by atoms with van der Waals surface area (Å²) in [7, 11) is 0. The summed E-state index contributed by atoms with van der Waals surface area (Å²) in [6.45, 7) is 1.70. The van der Waals surface area contributed by atoms with Crippen LogP contribution < -0.4 is 14.0 Å². The van der Waals surface area contributed by atoms with Crippen molar-refractivity contribution in [2.45, 2.75) is 6.92 Å². The molecular formula is C13H9ClF2NO2+. The van der Waals surface area contributed by atoms with Gasteiger partial charge in [0.25, 0.3) is 10.8 Å². The van der Waals surface area contributed by atoms with Gasteiger partial charge < -0.3 is 9.47 Å². The Morgan fingerprint density at radius 2 is 2.00 bits per heavy atom. The number of halogens is 3. The van der Waals surface area contributed by atoms with E-state index in [2.05, 4.69) is 0 Å². The van der Waals surface area contributed by atoms with Gasteiger partial charge in [-0.1, -0.05) is 0 Å². The summed E-state index contributed by atoms with van der Waals surface area (Å²) >= 11 is 6.01. The fraction of sp³-hybridized carbons (Fsp3) is 0.154. The number of aryl methyl sites for hydroxylation is 1. The van der Waals surface area contributed by atoms with Crippen molar-refractivity contribution >= 4 is 11.6 Å². The van der Waals surface area contributed by atoms with Crippen LogP contribution in [0.5, 0.6) is 11.5 Å². The summed E-state index contributed by atoms with van der Waals surface area (Å²) in [5, 5.41) is 0.266. The van der Waals surface area contributed by atoms with E-state index >= 15 is 0 Å². The highest BCUT2D eigenvalue weighted by Crippen LogP contribution is 2.37. The Bertz CT molecular complexity index is 676. The zero-order chi connectivity index (χ0) is 13.6. The molecule has 0 atom stereocenters. The van der Waals surface area contributed by atoms with Crippen LogP contribution in [0.15, 0.2) is 24.4 Å². The summed E-state index contributed by atoms with van der Waals surface area (Å²) in [5.74, 6) is -2.14. The van der Waals surface area contributed by atoms with Crippen LogP contribution in [0.2, 0.25) is 5.15 Å². The molecule has 0 saturated heterocycles. The predicted octanol–water partition coefficient (Wildman–Crippen LogP) is 2.93. The van der Waals surface area contributed by atoms with Crippen LogP contribution >= 0.6 is 11.6 Å². The van der Waals surface area contributed by atoms with Crippen LogP contribution in [0.25, 0.3) is 5.69 Å². The van der Waals surface area contributed by atoms with Gasteiger partial charge in [-0.15, -0.1) is 4.57 Å². The predicted molar refractivity (Wildman–Crippen MR) is 63.8 cm³/mol. The number of nitrogens with zero attached hydrogens (tertiary/aromatic N) is 1. The Morgan fingerprint density at radius 3 is 2.79 bits per heavy atom. The van der Waals surface area contributed by atoms with Crippen LogP contribution in [0.4, 0.5) is 8.78 Å². The molecule has 0 aliphatic carbocycles. The standard InChI is InChI=1S/C13H9ClF2NO2/c1-7-2-3-10(14)17(5-7)8-4-9-13(19-6-18-9)12(16)11(8)15/h2-5H,6H2,1H3/q+1. The lowest BCUT2D eigenvalue weighted by molar-refractivity contribution is -0.595. The van der Waals surface area contributed by atoms with Crippen LogP contribution in [0, 0.1) is 18.6 Å². The number of pyridine rings is 1. The minimum absolute atomic E-state index is 0.0181. The van der Waals surface area contributed by atoms with Crippen molar-refractivity contribution < 1.29 is 22.8 Å². The van der Waals surface area contributed by atoms with Crippen LogP contribution in [0.3, 0.4) is 0 Å². The normalized spacial score (nSPS) is 12.8. The van der Waals surface area contributed by atoms with Gasteiger partial charge in [-0.05, 0) is 24.6 Å². The molecule has 0 unspecified atom stereocenters. The molecule has 0 saturated carbocycles. The highest BCUT2D eigenvalue weighted by molar-refractivity contribution is 6.28. The van der Waals surface area contributed by atoms with E-state index < -0.39 is 11.6 Å². The van der Waals surface area contributed by atoms with Crippen molar-refractivity contribution in [2.75, 3.05) is 6.79 Å². The third-order valence-electron chi connectivity index (χ3n) is 2.83. The second-order valence-electron chi connectivity index (χ2n) is 4.16. The molecule has 1 aliphatic rings. The Balaban J connectivity index is 2.26. The minimum atomic E-state index is -1.07. The van der Waals surface area contributed by atoms with Crippen molar-refractivity contribution in [1.82, 2.24) is 0 Å². The molecule has 0 radical (unpaired) electrons. The van der Waals surface area contributed by atoms with E-state index in [1.807, 2.05) is 6.92 Å². The van der Waals surface area contributed by atoms with E-state index in [9.17, 15) is 8.78 Å². The maximum Gasteiger partial charge on any atom is 0.280 e. The smallest absolute Gasteiger partial charge is 0.280 e. The third kappa shape index (κ3) is 1.90. The van der Waals surface area contributed by atoms with Gasteiger partial charge in [0.05, 0.1) is 6.07 Å². The van der Waals surface area contributed by atoms with Crippen molar-refractivity contribution in [3.63, 3.8) is 0 Å². The molecule has 1 aromatic carbocycles. The van der Waals surface area contributed by atoms with Gasteiger partial charge in [0, 0.05) is 11.6 Å². The van der Waals surface area contributed by atoms with Crippen LogP contribution in [-0.4, -0.2) is 6.79 Å². The Kier molecular flexibility index (Phi) is 2.78. The molecule has 0 N–H and O–H groups in total. The Morgan fingerprint density at radius 1 is 1.21 bits per heavy atom. The fourth-order valence-corrected chi connectivity index (χ4v) is 2.12. The average molecular weight is 285 g/mol. The summed E-state index contributed by atoms with van der Waals surface area (Å²) in [5.41, 5.74) is 0.845. The molecule has 3 rings (SSSR count). The highest BCUT2D eigenvalue weighted by Gasteiger charge is 2.30. The SMILES string of the molecule is Cc1ccc(Cl)[n+](-c2cc3c(c(F)c2F)OCO3)c1. The molecular weight excluding hydrogens is 276 g/mol. The van der Waals surface area contributed by atoms with Gasteiger partial charge in [0.15, 0.2) is 11.9 Å². The number of benzene rings is 1. The second kappa shape index (κ2) is 4.35. The average Bonchev–Trinajstić information content (AvgIpc) is 2.85. The largest absolute Gasteiger partial charge is 0.453 e. The molecule has 2 aromatic rings. The quantitative estimate of drug-likeness (QED) is 0.593. The first-order valence-corrected chi connectivity index (χ1v) is 5.91. The molecule has 3 nitrogen and oxygen atoms in total. The van der Waals surface area contributed by atoms with E-state index in [1.165, 1.54) is 10.6 Å². The van der Waals surface area contributed by atoms with Crippen molar-refractivity contribution in [3.8, 4) is 17.2 Å². The second-order valence-corrected chi connectivity index (χ2v) is 4.54. The summed E-state index contributed by atoms with van der Waals surface area (Å²) < 4.78 is 39.2. The molecule has 2 heterocycles. The van der Waals surface area contributed by atoms with E-state index in [0.717, 1.165) is 5.56 Å². The van der Waals surface area contributed by atoms with Crippen molar-refractivity contribution in [3.05, 3.63) is 46.7 Å². The molecule has 0 amide bonds.